The van der Waals surface area contributed by atoms with Gasteiger partial charge in [-0.2, -0.15) is 0 Å². The normalized spacial score (nSPS) is 20.8. The first-order valence-corrected chi connectivity index (χ1v) is 7.18. The second kappa shape index (κ2) is 7.34. The number of nitrogens with two attached hydrogens (primary N) is 1. The molecule has 0 amide bonds. The summed E-state index contributed by atoms with van der Waals surface area (Å²) < 4.78 is 0. The highest BCUT2D eigenvalue weighted by atomic mass is 16.3. The van der Waals surface area contributed by atoms with Gasteiger partial charge in [0.25, 0.3) is 0 Å². The smallest absolute Gasteiger partial charge is 0.0558 e. The van der Waals surface area contributed by atoms with Gasteiger partial charge in [0.1, 0.15) is 0 Å². The van der Waals surface area contributed by atoms with E-state index < -0.39 is 0 Å². The van der Waals surface area contributed by atoms with Crippen LogP contribution in [0.1, 0.15) is 52.4 Å². The van der Waals surface area contributed by atoms with E-state index in [2.05, 4.69) is 18.7 Å². The third kappa shape index (κ3) is 4.57. The molecule has 0 aromatic heterocycles. The van der Waals surface area contributed by atoms with Crippen molar-refractivity contribution in [2.45, 2.75) is 58.4 Å². The topological polar surface area (TPSA) is 49.5 Å². The summed E-state index contributed by atoms with van der Waals surface area (Å²) >= 11 is 0. The zero-order chi connectivity index (χ0) is 12.7. The average molecular weight is 242 g/mol. The zero-order valence-corrected chi connectivity index (χ0v) is 11.6. The molecule has 102 valence electrons. The first-order valence-electron chi connectivity index (χ1n) is 7.18. The Bertz CT molecular complexity index is 198. The number of rotatable bonds is 6. The number of hydrogen-bond acceptors (Lipinski definition) is 3. The van der Waals surface area contributed by atoms with Gasteiger partial charge in [-0.15, -0.1) is 0 Å². The van der Waals surface area contributed by atoms with Crippen molar-refractivity contribution in [3.8, 4) is 0 Å². The van der Waals surface area contributed by atoms with Crippen LogP contribution in [0.25, 0.3) is 0 Å². The lowest BCUT2D eigenvalue weighted by Gasteiger charge is -2.39. The van der Waals surface area contributed by atoms with Gasteiger partial charge in [0.15, 0.2) is 0 Å². The van der Waals surface area contributed by atoms with Crippen LogP contribution in [0.4, 0.5) is 0 Å². The van der Waals surface area contributed by atoms with Crippen molar-refractivity contribution in [1.82, 2.24) is 4.90 Å². The Morgan fingerprint density at radius 3 is 2.18 bits per heavy atom. The van der Waals surface area contributed by atoms with Crippen LogP contribution in [0.5, 0.6) is 0 Å². The third-order valence-corrected chi connectivity index (χ3v) is 4.25. The summed E-state index contributed by atoms with van der Waals surface area (Å²) in [5.41, 5.74) is 6.36. The predicted molar refractivity (Wildman–Crippen MR) is 73.0 cm³/mol. The molecule has 17 heavy (non-hydrogen) atoms. The SMILES string of the molecule is CC(C)N(CCO)CC1(CN)CCCCCC1. The Balaban J connectivity index is 2.63. The van der Waals surface area contributed by atoms with Gasteiger partial charge in [-0.1, -0.05) is 25.7 Å². The summed E-state index contributed by atoms with van der Waals surface area (Å²) in [6.45, 7) is 7.29. The molecule has 0 heterocycles. The molecule has 0 aromatic rings. The van der Waals surface area contributed by atoms with E-state index in [-0.39, 0.29) is 6.61 Å². The molecule has 1 aliphatic carbocycles. The zero-order valence-electron chi connectivity index (χ0n) is 11.6. The molecule has 0 aliphatic heterocycles. The predicted octanol–water partition coefficient (Wildman–Crippen LogP) is 1.99. The number of nitrogens with zero attached hydrogens (tertiary/aromatic N) is 1. The maximum Gasteiger partial charge on any atom is 0.0558 e. The molecule has 1 fully saturated rings. The molecule has 1 rings (SSSR count). The van der Waals surface area contributed by atoms with Crippen molar-refractivity contribution in [3.05, 3.63) is 0 Å². The molecule has 0 bridgehead atoms. The highest BCUT2D eigenvalue weighted by molar-refractivity contribution is 4.86. The fourth-order valence-electron chi connectivity index (χ4n) is 2.98. The highest BCUT2D eigenvalue weighted by Gasteiger charge is 2.32. The second-order valence-corrected chi connectivity index (χ2v) is 5.91. The lowest BCUT2D eigenvalue weighted by atomic mass is 9.79. The largest absolute Gasteiger partial charge is 0.395 e. The van der Waals surface area contributed by atoms with E-state index in [1.807, 2.05) is 0 Å². The Morgan fingerprint density at radius 1 is 1.18 bits per heavy atom. The fourth-order valence-corrected chi connectivity index (χ4v) is 2.98. The van der Waals surface area contributed by atoms with Gasteiger partial charge >= 0.3 is 0 Å². The molecule has 3 nitrogen and oxygen atoms in total. The van der Waals surface area contributed by atoms with Crippen molar-refractivity contribution in [2.75, 3.05) is 26.2 Å². The lowest BCUT2D eigenvalue weighted by molar-refractivity contribution is 0.0917. The van der Waals surface area contributed by atoms with Crippen LogP contribution in [0.3, 0.4) is 0 Å². The molecule has 0 spiro atoms. The molecular weight excluding hydrogens is 212 g/mol. The summed E-state index contributed by atoms with van der Waals surface area (Å²) in [5, 5.41) is 9.15. The van der Waals surface area contributed by atoms with E-state index in [9.17, 15) is 0 Å². The van der Waals surface area contributed by atoms with Gasteiger partial charge < -0.3 is 10.8 Å². The molecule has 0 radical (unpaired) electrons. The summed E-state index contributed by atoms with van der Waals surface area (Å²) in [6.07, 6.45) is 7.90. The monoisotopic (exact) mass is 242 g/mol. The minimum Gasteiger partial charge on any atom is -0.395 e. The van der Waals surface area contributed by atoms with E-state index >= 15 is 0 Å². The van der Waals surface area contributed by atoms with Crippen LogP contribution in [-0.4, -0.2) is 42.3 Å². The maximum atomic E-state index is 9.15. The molecule has 0 unspecified atom stereocenters. The fraction of sp³-hybridized carbons (Fsp3) is 1.00. The molecule has 3 N–H and O–H groups in total. The van der Waals surface area contributed by atoms with E-state index in [0.29, 0.717) is 11.5 Å². The molecule has 0 aromatic carbocycles. The quantitative estimate of drug-likeness (QED) is 0.700. The van der Waals surface area contributed by atoms with E-state index in [1.54, 1.807) is 0 Å². The molecule has 1 aliphatic rings. The van der Waals surface area contributed by atoms with Gasteiger partial charge in [-0.05, 0) is 38.6 Å². The van der Waals surface area contributed by atoms with Gasteiger partial charge in [0.2, 0.25) is 0 Å². The Hall–Kier alpha value is -0.120. The highest BCUT2D eigenvalue weighted by Crippen LogP contribution is 2.35. The van der Waals surface area contributed by atoms with Crippen molar-refractivity contribution in [3.63, 3.8) is 0 Å². The van der Waals surface area contributed by atoms with E-state index in [0.717, 1.165) is 19.6 Å². The van der Waals surface area contributed by atoms with Crippen molar-refractivity contribution < 1.29 is 5.11 Å². The molecule has 1 saturated carbocycles. The van der Waals surface area contributed by atoms with Gasteiger partial charge in [-0.25, -0.2) is 0 Å². The average Bonchev–Trinajstić information content (AvgIpc) is 2.54. The number of aliphatic hydroxyl groups excluding tert-OH is 1. The van der Waals surface area contributed by atoms with Crippen molar-refractivity contribution in [1.29, 1.82) is 0 Å². The van der Waals surface area contributed by atoms with Crippen molar-refractivity contribution in [2.24, 2.45) is 11.1 Å². The molecule has 0 atom stereocenters. The molecule has 0 saturated heterocycles. The second-order valence-electron chi connectivity index (χ2n) is 5.91. The van der Waals surface area contributed by atoms with E-state index in [4.69, 9.17) is 10.8 Å². The van der Waals surface area contributed by atoms with E-state index in [1.165, 1.54) is 38.5 Å². The molecular formula is C14H30N2O. The standard InChI is InChI=1S/C14H30N2O/c1-13(2)16(9-10-17)12-14(11-15)7-5-3-4-6-8-14/h13,17H,3-12,15H2,1-2H3. The Morgan fingerprint density at radius 2 is 1.76 bits per heavy atom. The van der Waals surface area contributed by atoms with Crippen LogP contribution in [0.15, 0.2) is 0 Å². The summed E-state index contributed by atoms with van der Waals surface area (Å²) in [7, 11) is 0. The first kappa shape index (κ1) is 14.9. The third-order valence-electron chi connectivity index (χ3n) is 4.25. The van der Waals surface area contributed by atoms with Crippen LogP contribution >= 0.6 is 0 Å². The van der Waals surface area contributed by atoms with Crippen LogP contribution in [0, 0.1) is 5.41 Å². The van der Waals surface area contributed by atoms with Gasteiger partial charge in [-0.3, -0.25) is 4.90 Å². The summed E-state index contributed by atoms with van der Waals surface area (Å²) in [5.74, 6) is 0. The summed E-state index contributed by atoms with van der Waals surface area (Å²) in [4.78, 5) is 2.39. The minimum atomic E-state index is 0.249. The first-order chi connectivity index (χ1) is 8.13. The number of hydrogen-bond donors (Lipinski definition) is 2. The Labute approximate surface area is 106 Å². The lowest BCUT2D eigenvalue weighted by Crippen LogP contribution is -2.46. The molecule has 3 heteroatoms. The maximum absolute atomic E-state index is 9.15. The van der Waals surface area contributed by atoms with Crippen LogP contribution < -0.4 is 5.73 Å². The number of aliphatic hydroxyl groups is 1. The van der Waals surface area contributed by atoms with Gasteiger partial charge in [0.05, 0.1) is 6.61 Å². The van der Waals surface area contributed by atoms with Crippen LogP contribution in [0.2, 0.25) is 0 Å². The minimum absolute atomic E-state index is 0.249. The van der Waals surface area contributed by atoms with Gasteiger partial charge in [0, 0.05) is 19.1 Å². The summed E-state index contributed by atoms with van der Waals surface area (Å²) in [6, 6.07) is 0.494. The Kier molecular flexibility index (Phi) is 6.45. The van der Waals surface area contributed by atoms with Crippen LogP contribution in [-0.2, 0) is 0 Å². The van der Waals surface area contributed by atoms with Crippen molar-refractivity contribution >= 4 is 0 Å².